The van der Waals surface area contributed by atoms with Crippen molar-refractivity contribution in [1.82, 2.24) is 10.2 Å². The molecule has 1 aliphatic rings. The molecule has 1 aromatic rings. The van der Waals surface area contributed by atoms with Gasteiger partial charge in [0, 0.05) is 38.6 Å². The minimum Gasteiger partial charge on any atom is -0.493 e. The van der Waals surface area contributed by atoms with Crippen molar-refractivity contribution >= 4 is 12.4 Å². The van der Waals surface area contributed by atoms with Crippen LogP contribution in [0.4, 0.5) is 8.78 Å². The molecule has 0 radical (unpaired) electrons. The number of piperazine rings is 1. The van der Waals surface area contributed by atoms with Crippen LogP contribution in [0.1, 0.15) is 24.9 Å². The summed E-state index contributed by atoms with van der Waals surface area (Å²) in [5, 5.41) is 3.25. The summed E-state index contributed by atoms with van der Waals surface area (Å²) in [6, 6.07) is 5.18. The topological polar surface area (TPSA) is 33.7 Å². The molecule has 1 aliphatic heterocycles. The van der Waals surface area contributed by atoms with Crippen molar-refractivity contribution in [2.75, 3.05) is 39.9 Å². The van der Waals surface area contributed by atoms with Gasteiger partial charge in [0.15, 0.2) is 11.5 Å². The molecule has 1 heterocycles. The van der Waals surface area contributed by atoms with Crippen molar-refractivity contribution in [3.63, 3.8) is 0 Å². The minimum atomic E-state index is -2.34. The molecule has 1 fully saturated rings. The molecular formula is C16H25ClF2N2O2. The molecule has 7 heteroatoms. The van der Waals surface area contributed by atoms with Crippen LogP contribution in [0.15, 0.2) is 18.2 Å². The van der Waals surface area contributed by atoms with Crippen LogP contribution in [0.25, 0.3) is 0 Å². The lowest BCUT2D eigenvalue weighted by atomic mass is 10.0. The van der Waals surface area contributed by atoms with Gasteiger partial charge in [0.25, 0.3) is 0 Å². The zero-order valence-electron chi connectivity index (χ0n) is 13.6. The quantitative estimate of drug-likeness (QED) is 0.819. The predicted molar refractivity (Wildman–Crippen MR) is 89.2 cm³/mol. The van der Waals surface area contributed by atoms with Gasteiger partial charge in [-0.3, -0.25) is 4.90 Å². The molecule has 1 N–H and O–H groups in total. The molecule has 0 aromatic heterocycles. The Balaban J connectivity index is 0.00000264. The Kier molecular flexibility index (Phi) is 8.58. The number of halogens is 3. The highest BCUT2D eigenvalue weighted by Gasteiger charge is 2.26. The van der Waals surface area contributed by atoms with E-state index in [0.717, 1.165) is 31.7 Å². The van der Waals surface area contributed by atoms with Crippen molar-refractivity contribution in [3.05, 3.63) is 23.8 Å². The minimum absolute atomic E-state index is 0. The number of rotatable bonds is 7. The number of nitrogens with zero attached hydrogens (tertiary/aromatic N) is 1. The molecule has 2 rings (SSSR count). The van der Waals surface area contributed by atoms with E-state index in [9.17, 15) is 8.78 Å². The Morgan fingerprint density at radius 3 is 2.48 bits per heavy atom. The third kappa shape index (κ3) is 5.48. The molecule has 1 atom stereocenters. The van der Waals surface area contributed by atoms with Gasteiger partial charge in [-0.05, 0) is 24.6 Å². The third-order valence-electron chi connectivity index (χ3n) is 3.87. The Morgan fingerprint density at radius 1 is 1.22 bits per heavy atom. The van der Waals surface area contributed by atoms with Crippen LogP contribution in [-0.2, 0) is 0 Å². The summed E-state index contributed by atoms with van der Waals surface area (Å²) in [6.45, 7) is 5.59. The molecule has 0 amide bonds. The maximum absolute atomic E-state index is 13.0. The van der Waals surface area contributed by atoms with Crippen LogP contribution in [0.2, 0.25) is 0 Å². The van der Waals surface area contributed by atoms with Crippen LogP contribution in [0.5, 0.6) is 11.5 Å². The molecule has 0 unspecified atom stereocenters. The molecular weight excluding hydrogens is 326 g/mol. The van der Waals surface area contributed by atoms with E-state index in [2.05, 4.69) is 10.2 Å². The van der Waals surface area contributed by atoms with Gasteiger partial charge in [0.2, 0.25) is 6.43 Å². The predicted octanol–water partition coefficient (Wildman–Crippen LogP) is 3.12. The van der Waals surface area contributed by atoms with Crippen molar-refractivity contribution in [3.8, 4) is 11.5 Å². The highest BCUT2D eigenvalue weighted by molar-refractivity contribution is 5.85. The first-order chi connectivity index (χ1) is 10.7. The van der Waals surface area contributed by atoms with Crippen LogP contribution < -0.4 is 14.8 Å². The number of hydrogen-bond acceptors (Lipinski definition) is 4. The molecule has 1 saturated heterocycles. The van der Waals surface area contributed by atoms with Crippen molar-refractivity contribution in [2.45, 2.75) is 25.8 Å². The van der Waals surface area contributed by atoms with E-state index in [1.165, 1.54) is 0 Å². The van der Waals surface area contributed by atoms with Crippen molar-refractivity contribution in [1.29, 1.82) is 0 Å². The van der Waals surface area contributed by atoms with Gasteiger partial charge in [-0.15, -0.1) is 12.4 Å². The Labute approximate surface area is 142 Å². The first-order valence-corrected chi connectivity index (χ1v) is 7.69. The van der Waals surface area contributed by atoms with E-state index < -0.39 is 6.43 Å². The average Bonchev–Trinajstić information content (AvgIpc) is 2.53. The largest absolute Gasteiger partial charge is 0.493 e. The summed E-state index contributed by atoms with van der Waals surface area (Å²) < 4.78 is 36.9. The highest BCUT2D eigenvalue weighted by atomic mass is 35.5. The van der Waals surface area contributed by atoms with Gasteiger partial charge in [-0.2, -0.15) is 0 Å². The molecule has 23 heavy (non-hydrogen) atoms. The van der Waals surface area contributed by atoms with Crippen LogP contribution in [0.3, 0.4) is 0 Å². The molecule has 0 saturated carbocycles. The Hall–Kier alpha value is -1.11. The Morgan fingerprint density at radius 2 is 1.91 bits per heavy atom. The summed E-state index contributed by atoms with van der Waals surface area (Å²) in [5.74, 6) is 1.23. The molecule has 0 spiro atoms. The van der Waals surface area contributed by atoms with Crippen LogP contribution in [-0.4, -0.2) is 51.2 Å². The van der Waals surface area contributed by atoms with Gasteiger partial charge in [-0.25, -0.2) is 8.78 Å². The second-order valence-corrected chi connectivity index (χ2v) is 5.27. The standard InChI is InChI=1S/C16H24F2N2O2.ClH/c1-3-22-15-10-12(4-5-14(15)21-2)13(11-16(17)18)20-8-6-19-7-9-20;/h4-5,10,13,16,19H,3,6-9,11H2,1-2H3;1H/t13-;/m1./s1. The molecule has 4 nitrogen and oxygen atoms in total. The lowest BCUT2D eigenvalue weighted by Crippen LogP contribution is -2.45. The number of alkyl halides is 2. The van der Waals surface area contributed by atoms with Gasteiger partial charge >= 0.3 is 0 Å². The monoisotopic (exact) mass is 350 g/mol. The first kappa shape index (κ1) is 19.9. The highest BCUT2D eigenvalue weighted by Crippen LogP contribution is 2.34. The second kappa shape index (κ2) is 9.90. The van der Waals surface area contributed by atoms with E-state index in [-0.39, 0.29) is 24.9 Å². The van der Waals surface area contributed by atoms with Crippen LogP contribution in [0, 0.1) is 0 Å². The SMILES string of the molecule is CCOc1cc([C@@H](CC(F)F)N2CCNCC2)ccc1OC.Cl. The summed E-state index contributed by atoms with van der Waals surface area (Å²) in [4.78, 5) is 2.11. The summed E-state index contributed by atoms with van der Waals surface area (Å²) >= 11 is 0. The average molecular weight is 351 g/mol. The second-order valence-electron chi connectivity index (χ2n) is 5.27. The van der Waals surface area contributed by atoms with E-state index in [1.807, 2.05) is 19.1 Å². The molecule has 1 aromatic carbocycles. The summed E-state index contributed by atoms with van der Waals surface area (Å²) in [7, 11) is 1.57. The number of ether oxygens (including phenoxy) is 2. The van der Waals surface area contributed by atoms with Gasteiger partial charge in [0.05, 0.1) is 13.7 Å². The molecule has 0 aliphatic carbocycles. The fourth-order valence-electron chi connectivity index (χ4n) is 2.83. The fourth-order valence-corrected chi connectivity index (χ4v) is 2.83. The maximum Gasteiger partial charge on any atom is 0.240 e. The lowest BCUT2D eigenvalue weighted by Gasteiger charge is -2.35. The molecule has 132 valence electrons. The lowest BCUT2D eigenvalue weighted by molar-refractivity contribution is 0.0738. The number of hydrogen-bond donors (Lipinski definition) is 1. The summed E-state index contributed by atoms with van der Waals surface area (Å²) in [6.07, 6.45) is -2.50. The van der Waals surface area contributed by atoms with E-state index in [1.54, 1.807) is 13.2 Å². The van der Waals surface area contributed by atoms with Crippen molar-refractivity contribution < 1.29 is 18.3 Å². The fraction of sp³-hybridized carbons (Fsp3) is 0.625. The van der Waals surface area contributed by atoms with Gasteiger partial charge in [0.1, 0.15) is 0 Å². The van der Waals surface area contributed by atoms with E-state index in [4.69, 9.17) is 9.47 Å². The normalized spacial score (nSPS) is 16.7. The molecule has 0 bridgehead atoms. The maximum atomic E-state index is 13.0. The van der Waals surface area contributed by atoms with E-state index >= 15 is 0 Å². The van der Waals surface area contributed by atoms with Gasteiger partial charge in [-0.1, -0.05) is 6.07 Å². The number of benzene rings is 1. The smallest absolute Gasteiger partial charge is 0.240 e. The number of nitrogens with one attached hydrogen (secondary N) is 1. The zero-order valence-corrected chi connectivity index (χ0v) is 14.4. The summed E-state index contributed by atoms with van der Waals surface area (Å²) in [5.41, 5.74) is 0.853. The Bertz CT molecular complexity index is 471. The van der Waals surface area contributed by atoms with E-state index in [0.29, 0.717) is 18.1 Å². The van der Waals surface area contributed by atoms with Crippen LogP contribution >= 0.6 is 12.4 Å². The van der Waals surface area contributed by atoms with Gasteiger partial charge < -0.3 is 14.8 Å². The zero-order chi connectivity index (χ0) is 15.9. The van der Waals surface area contributed by atoms with Crippen molar-refractivity contribution in [2.24, 2.45) is 0 Å². The number of methoxy groups -OCH3 is 1. The first-order valence-electron chi connectivity index (χ1n) is 7.69. The third-order valence-corrected chi connectivity index (χ3v) is 3.87.